The third kappa shape index (κ3) is 4.98. The van der Waals surface area contributed by atoms with E-state index in [9.17, 15) is 9.50 Å². The van der Waals surface area contributed by atoms with E-state index in [1.165, 1.54) is 12.1 Å². The Morgan fingerprint density at radius 1 is 1.07 bits per heavy atom. The molecule has 0 amide bonds. The van der Waals surface area contributed by atoms with E-state index >= 15 is 0 Å². The standard InChI is InChI=1S/C22H22ClFN2O2.ClH/c23-19-5-3-18(4-6-19)22(27)10-13-26(14-11-22)12-9-17-15-28-25-21(17)16-1-7-20(24)8-2-16;/h1-8,15,27H,9-14H2;1H. The van der Waals surface area contributed by atoms with Gasteiger partial charge < -0.3 is 14.5 Å². The van der Waals surface area contributed by atoms with Crippen LogP contribution in [0.5, 0.6) is 0 Å². The lowest BCUT2D eigenvalue weighted by molar-refractivity contribution is -0.0255. The van der Waals surface area contributed by atoms with Crippen molar-refractivity contribution in [3.8, 4) is 11.3 Å². The molecule has 0 unspecified atom stereocenters. The van der Waals surface area contributed by atoms with Crippen molar-refractivity contribution in [3.63, 3.8) is 0 Å². The Bertz CT molecular complexity index is 921. The molecule has 1 saturated heterocycles. The van der Waals surface area contributed by atoms with Gasteiger partial charge in [-0.25, -0.2) is 4.39 Å². The first-order valence-electron chi connectivity index (χ1n) is 9.43. The zero-order valence-electron chi connectivity index (χ0n) is 15.9. The van der Waals surface area contributed by atoms with E-state index in [-0.39, 0.29) is 18.2 Å². The monoisotopic (exact) mass is 436 g/mol. The third-order valence-corrected chi connectivity index (χ3v) is 5.77. The molecule has 3 aromatic rings. The summed E-state index contributed by atoms with van der Waals surface area (Å²) < 4.78 is 18.3. The highest BCUT2D eigenvalue weighted by atomic mass is 35.5. The Labute approximate surface area is 180 Å². The summed E-state index contributed by atoms with van der Waals surface area (Å²) >= 11 is 5.95. The minimum Gasteiger partial charge on any atom is -0.385 e. The lowest BCUT2D eigenvalue weighted by Gasteiger charge is -2.38. The van der Waals surface area contributed by atoms with Crippen molar-refractivity contribution < 1.29 is 14.0 Å². The van der Waals surface area contributed by atoms with Crippen LogP contribution in [0.1, 0.15) is 24.0 Å². The molecule has 1 N–H and O–H groups in total. The van der Waals surface area contributed by atoms with E-state index in [2.05, 4.69) is 10.1 Å². The molecule has 7 heteroatoms. The first kappa shape index (κ1) is 21.8. The molecule has 1 aliphatic rings. The van der Waals surface area contributed by atoms with E-state index in [4.69, 9.17) is 16.1 Å². The van der Waals surface area contributed by atoms with Crippen LogP contribution in [-0.4, -0.2) is 34.8 Å². The lowest BCUT2D eigenvalue weighted by atomic mass is 9.84. The molecule has 2 heterocycles. The Morgan fingerprint density at radius 2 is 1.72 bits per heavy atom. The van der Waals surface area contributed by atoms with Crippen LogP contribution in [0.3, 0.4) is 0 Å². The molecular formula is C22H23Cl2FN2O2. The molecule has 0 radical (unpaired) electrons. The van der Waals surface area contributed by atoms with Crippen molar-refractivity contribution in [3.05, 3.63) is 76.8 Å². The normalized spacial score (nSPS) is 16.4. The van der Waals surface area contributed by atoms with Gasteiger partial charge in [-0.2, -0.15) is 0 Å². The zero-order chi connectivity index (χ0) is 19.6. The molecule has 0 saturated carbocycles. The van der Waals surface area contributed by atoms with Crippen LogP contribution in [0.4, 0.5) is 4.39 Å². The summed E-state index contributed by atoms with van der Waals surface area (Å²) in [5.41, 5.74) is 2.74. The van der Waals surface area contributed by atoms with E-state index in [1.807, 2.05) is 24.3 Å². The number of aromatic nitrogens is 1. The fourth-order valence-corrected chi connectivity index (χ4v) is 3.88. The third-order valence-electron chi connectivity index (χ3n) is 5.52. The summed E-state index contributed by atoms with van der Waals surface area (Å²) in [5, 5.41) is 15.8. The van der Waals surface area contributed by atoms with Crippen molar-refractivity contribution in [2.24, 2.45) is 0 Å². The van der Waals surface area contributed by atoms with Crippen LogP contribution < -0.4 is 0 Å². The second-order valence-corrected chi connectivity index (χ2v) is 7.76. The summed E-state index contributed by atoms with van der Waals surface area (Å²) in [6, 6.07) is 13.7. The minimum atomic E-state index is -0.794. The number of likely N-dealkylation sites (tertiary alicyclic amines) is 1. The molecule has 29 heavy (non-hydrogen) atoms. The van der Waals surface area contributed by atoms with Gasteiger partial charge in [0, 0.05) is 35.8 Å². The number of aliphatic hydroxyl groups is 1. The van der Waals surface area contributed by atoms with Crippen LogP contribution >= 0.6 is 24.0 Å². The van der Waals surface area contributed by atoms with Crippen molar-refractivity contribution in [2.45, 2.75) is 24.9 Å². The van der Waals surface area contributed by atoms with Crippen molar-refractivity contribution in [1.29, 1.82) is 0 Å². The van der Waals surface area contributed by atoms with Crippen LogP contribution in [0, 0.1) is 5.82 Å². The molecule has 0 atom stereocenters. The Kier molecular flexibility index (Phi) is 6.96. The van der Waals surface area contributed by atoms with Crippen LogP contribution in [0.15, 0.2) is 59.3 Å². The highest BCUT2D eigenvalue weighted by Crippen LogP contribution is 2.33. The summed E-state index contributed by atoms with van der Waals surface area (Å²) in [7, 11) is 0. The highest BCUT2D eigenvalue weighted by molar-refractivity contribution is 6.30. The quantitative estimate of drug-likeness (QED) is 0.605. The van der Waals surface area contributed by atoms with Gasteiger partial charge in [0.25, 0.3) is 0 Å². The van der Waals surface area contributed by atoms with Gasteiger partial charge in [0.05, 0.1) is 5.60 Å². The zero-order valence-corrected chi connectivity index (χ0v) is 17.4. The molecule has 1 fully saturated rings. The van der Waals surface area contributed by atoms with Crippen LogP contribution in [-0.2, 0) is 12.0 Å². The van der Waals surface area contributed by atoms with Crippen molar-refractivity contribution in [2.75, 3.05) is 19.6 Å². The number of rotatable bonds is 5. The molecule has 154 valence electrons. The molecular weight excluding hydrogens is 414 g/mol. The molecule has 1 aromatic heterocycles. The summed E-state index contributed by atoms with van der Waals surface area (Å²) in [6.07, 6.45) is 3.81. The number of hydrogen-bond donors (Lipinski definition) is 1. The summed E-state index contributed by atoms with van der Waals surface area (Å²) in [5.74, 6) is -0.268. The molecule has 1 aliphatic heterocycles. The van der Waals surface area contributed by atoms with Crippen molar-refractivity contribution in [1.82, 2.24) is 10.1 Å². The largest absolute Gasteiger partial charge is 0.385 e. The smallest absolute Gasteiger partial charge is 0.127 e. The van der Waals surface area contributed by atoms with Gasteiger partial charge in [0.15, 0.2) is 0 Å². The van der Waals surface area contributed by atoms with Gasteiger partial charge in [0.1, 0.15) is 17.8 Å². The van der Waals surface area contributed by atoms with Crippen LogP contribution in [0.2, 0.25) is 5.02 Å². The molecule has 0 bridgehead atoms. The Balaban J connectivity index is 0.00000240. The molecule has 0 aliphatic carbocycles. The predicted octanol–water partition coefficient (Wildman–Crippen LogP) is 5.08. The molecule has 4 rings (SSSR count). The molecule has 4 nitrogen and oxygen atoms in total. The van der Waals surface area contributed by atoms with Crippen LogP contribution in [0.25, 0.3) is 11.3 Å². The number of hydrogen-bond acceptors (Lipinski definition) is 4. The fourth-order valence-electron chi connectivity index (χ4n) is 3.75. The van der Waals surface area contributed by atoms with Gasteiger partial charge in [-0.3, -0.25) is 0 Å². The maximum atomic E-state index is 13.1. The number of piperidine rings is 1. The maximum absolute atomic E-state index is 13.1. The molecule has 2 aromatic carbocycles. The van der Waals surface area contributed by atoms with E-state index < -0.39 is 5.60 Å². The van der Waals surface area contributed by atoms with E-state index in [0.29, 0.717) is 17.9 Å². The van der Waals surface area contributed by atoms with Crippen molar-refractivity contribution >= 4 is 24.0 Å². The average Bonchev–Trinajstić information content (AvgIpc) is 3.17. The number of benzene rings is 2. The number of halogens is 3. The second kappa shape index (κ2) is 9.26. The summed E-state index contributed by atoms with van der Waals surface area (Å²) in [4.78, 5) is 2.34. The van der Waals surface area contributed by atoms with E-state index in [1.54, 1.807) is 18.4 Å². The SMILES string of the molecule is Cl.OC1(c2ccc(Cl)cc2)CCN(CCc2conc2-c2ccc(F)cc2)CC1. The maximum Gasteiger partial charge on any atom is 0.127 e. The van der Waals surface area contributed by atoms with Gasteiger partial charge >= 0.3 is 0 Å². The second-order valence-electron chi connectivity index (χ2n) is 7.33. The fraction of sp³-hybridized carbons (Fsp3) is 0.318. The Morgan fingerprint density at radius 3 is 2.38 bits per heavy atom. The lowest BCUT2D eigenvalue weighted by Crippen LogP contribution is -2.43. The summed E-state index contributed by atoms with van der Waals surface area (Å²) in [6.45, 7) is 2.48. The van der Waals surface area contributed by atoms with Gasteiger partial charge in [0.2, 0.25) is 0 Å². The minimum absolute atomic E-state index is 0. The predicted molar refractivity (Wildman–Crippen MR) is 114 cm³/mol. The van der Waals surface area contributed by atoms with Gasteiger partial charge in [-0.05, 0) is 61.2 Å². The Hall–Kier alpha value is -1.92. The highest BCUT2D eigenvalue weighted by Gasteiger charge is 2.33. The first-order chi connectivity index (χ1) is 13.5. The topological polar surface area (TPSA) is 49.5 Å². The average molecular weight is 437 g/mol. The van der Waals surface area contributed by atoms with Gasteiger partial charge in [-0.1, -0.05) is 28.9 Å². The first-order valence-corrected chi connectivity index (χ1v) is 9.81. The number of nitrogens with zero attached hydrogens (tertiary/aromatic N) is 2. The van der Waals surface area contributed by atoms with E-state index in [0.717, 1.165) is 48.4 Å². The molecule has 0 spiro atoms. The van der Waals surface area contributed by atoms with Gasteiger partial charge in [-0.15, -0.1) is 12.4 Å².